The van der Waals surface area contributed by atoms with E-state index in [1.165, 1.54) is 6.07 Å². The average Bonchev–Trinajstić information content (AvgIpc) is 2.84. The van der Waals surface area contributed by atoms with Crippen molar-refractivity contribution in [1.29, 1.82) is 0 Å². The molecule has 1 amide bonds. The second-order valence-electron chi connectivity index (χ2n) is 5.36. The van der Waals surface area contributed by atoms with Crippen LogP contribution in [0.25, 0.3) is 10.1 Å². The number of fused-ring (bicyclic) bond motifs is 1. The summed E-state index contributed by atoms with van der Waals surface area (Å²) in [6.07, 6.45) is 3.31. The first-order valence-electron chi connectivity index (χ1n) is 6.98. The maximum atomic E-state index is 11.3. The minimum Gasteiger partial charge on any atom is -0.504 e. The number of nitrogens with zero attached hydrogens (tertiary/aromatic N) is 2. The number of hydrogen-bond acceptors (Lipinski definition) is 6. The monoisotopic (exact) mass is 356 g/mol. The number of piperidine rings is 1. The van der Waals surface area contributed by atoms with E-state index in [9.17, 15) is 25.1 Å². The zero-order valence-electron chi connectivity index (χ0n) is 11.9. The molecule has 2 N–H and O–H groups in total. The Labute approximate surface area is 139 Å². The van der Waals surface area contributed by atoms with Crippen molar-refractivity contribution in [2.45, 2.75) is 25.3 Å². The van der Waals surface area contributed by atoms with E-state index >= 15 is 0 Å². The summed E-state index contributed by atoms with van der Waals surface area (Å²) in [6, 6.07) is 0.976. The summed E-state index contributed by atoms with van der Waals surface area (Å²) in [4.78, 5) is 24.0. The third-order valence-corrected chi connectivity index (χ3v) is 5.87. The first-order valence-corrected chi connectivity index (χ1v) is 8.17. The SMILES string of the molecule is O=CN1CCCCC1c1sc2c([N+](=O)[O-])c(O)c(O)cc2c1Cl. The van der Waals surface area contributed by atoms with Gasteiger partial charge in [0.2, 0.25) is 12.2 Å². The van der Waals surface area contributed by atoms with Crippen molar-refractivity contribution in [2.24, 2.45) is 0 Å². The number of nitro groups is 1. The van der Waals surface area contributed by atoms with Gasteiger partial charge in [-0.25, -0.2) is 0 Å². The van der Waals surface area contributed by atoms with E-state index in [-0.39, 0.29) is 15.8 Å². The van der Waals surface area contributed by atoms with Gasteiger partial charge in [-0.3, -0.25) is 14.9 Å². The Morgan fingerprint density at radius 1 is 1.43 bits per heavy atom. The van der Waals surface area contributed by atoms with Crippen LogP contribution in [-0.4, -0.2) is 33.0 Å². The molecule has 1 aromatic carbocycles. The first kappa shape index (κ1) is 15.8. The highest BCUT2D eigenvalue weighted by Gasteiger charge is 2.32. The molecule has 1 unspecified atom stereocenters. The molecule has 0 bridgehead atoms. The Bertz CT molecular complexity index is 806. The summed E-state index contributed by atoms with van der Waals surface area (Å²) >= 11 is 7.45. The number of amides is 1. The van der Waals surface area contributed by atoms with E-state index in [0.29, 0.717) is 16.8 Å². The van der Waals surface area contributed by atoms with E-state index in [1.54, 1.807) is 4.90 Å². The van der Waals surface area contributed by atoms with E-state index in [0.717, 1.165) is 37.0 Å². The predicted molar refractivity (Wildman–Crippen MR) is 86.2 cm³/mol. The molecular weight excluding hydrogens is 344 g/mol. The molecular formula is C14H13ClN2O5S. The van der Waals surface area contributed by atoms with Gasteiger partial charge in [-0.05, 0) is 25.3 Å². The summed E-state index contributed by atoms with van der Waals surface area (Å²) < 4.78 is 0.196. The standard InChI is InChI=1S/C14H13ClN2O5S/c15-10-7-5-9(19)12(20)11(17(21)22)13(7)23-14(10)8-3-1-2-4-16(8)6-18/h5-6,8,19-20H,1-4H2. The van der Waals surface area contributed by atoms with Crippen LogP contribution in [0.2, 0.25) is 5.02 Å². The zero-order valence-corrected chi connectivity index (χ0v) is 13.4. The van der Waals surface area contributed by atoms with E-state index in [2.05, 4.69) is 0 Å². The summed E-state index contributed by atoms with van der Waals surface area (Å²) in [7, 11) is 0. The number of aromatic hydroxyl groups is 2. The molecule has 1 aromatic heterocycles. The second-order valence-corrected chi connectivity index (χ2v) is 6.79. The lowest BCUT2D eigenvalue weighted by Gasteiger charge is -2.32. The molecule has 122 valence electrons. The quantitative estimate of drug-likeness (QED) is 0.378. The van der Waals surface area contributed by atoms with Crippen LogP contribution in [0.5, 0.6) is 11.5 Å². The summed E-state index contributed by atoms with van der Waals surface area (Å²) in [5, 5.41) is 31.3. The van der Waals surface area contributed by atoms with Crippen LogP contribution in [-0.2, 0) is 4.79 Å². The fraction of sp³-hybridized carbons (Fsp3) is 0.357. The Morgan fingerprint density at radius 3 is 2.83 bits per heavy atom. The highest BCUT2D eigenvalue weighted by atomic mass is 35.5. The van der Waals surface area contributed by atoms with Crippen LogP contribution in [0.4, 0.5) is 5.69 Å². The largest absolute Gasteiger partial charge is 0.504 e. The number of likely N-dealkylation sites (tertiary alicyclic amines) is 1. The number of benzene rings is 1. The van der Waals surface area contributed by atoms with Gasteiger partial charge in [0.25, 0.3) is 0 Å². The van der Waals surface area contributed by atoms with Gasteiger partial charge in [0.05, 0.1) is 16.0 Å². The van der Waals surface area contributed by atoms with Gasteiger partial charge in [-0.2, -0.15) is 0 Å². The van der Waals surface area contributed by atoms with E-state index in [4.69, 9.17) is 11.6 Å². The Balaban J connectivity index is 2.24. The Morgan fingerprint density at radius 2 is 2.17 bits per heavy atom. The maximum Gasteiger partial charge on any atom is 0.332 e. The first-order chi connectivity index (χ1) is 11.0. The second kappa shape index (κ2) is 5.86. The number of phenols is 2. The third-order valence-electron chi connectivity index (χ3n) is 4.04. The fourth-order valence-corrected chi connectivity index (χ4v) is 4.72. The molecule has 3 rings (SSSR count). The Hall–Kier alpha value is -2.06. The third kappa shape index (κ3) is 2.47. The van der Waals surface area contributed by atoms with Gasteiger partial charge in [0, 0.05) is 16.8 Å². The molecule has 2 aromatic rings. The fourth-order valence-electron chi connectivity index (χ4n) is 2.93. The molecule has 7 nitrogen and oxygen atoms in total. The number of carbonyl (C=O) groups is 1. The lowest BCUT2D eigenvalue weighted by molar-refractivity contribution is -0.383. The van der Waals surface area contributed by atoms with E-state index in [1.807, 2.05) is 0 Å². The summed E-state index contributed by atoms with van der Waals surface area (Å²) in [5.41, 5.74) is -0.563. The lowest BCUT2D eigenvalue weighted by atomic mass is 10.0. The van der Waals surface area contributed by atoms with Gasteiger partial charge >= 0.3 is 5.69 Å². The number of thiophene rings is 1. The van der Waals surface area contributed by atoms with Crippen molar-refractivity contribution in [3.8, 4) is 11.5 Å². The minimum atomic E-state index is -0.775. The van der Waals surface area contributed by atoms with Crippen LogP contribution in [0.3, 0.4) is 0 Å². The van der Waals surface area contributed by atoms with Crippen molar-refractivity contribution in [3.05, 3.63) is 26.1 Å². The number of hydrogen-bond donors (Lipinski definition) is 2. The highest BCUT2D eigenvalue weighted by molar-refractivity contribution is 7.20. The molecule has 2 heterocycles. The molecule has 9 heteroatoms. The van der Waals surface area contributed by atoms with Gasteiger partial charge in [0.15, 0.2) is 5.75 Å². The molecule has 0 aliphatic carbocycles. The number of nitro benzene ring substituents is 1. The normalized spacial score (nSPS) is 18.3. The summed E-state index contributed by atoms with van der Waals surface area (Å²) in [6.45, 7) is 0.608. The van der Waals surface area contributed by atoms with Crippen molar-refractivity contribution < 1.29 is 19.9 Å². The maximum absolute atomic E-state index is 11.3. The van der Waals surface area contributed by atoms with Crippen LogP contribution in [0.1, 0.15) is 30.2 Å². The molecule has 1 aliphatic heterocycles. The van der Waals surface area contributed by atoms with Crippen LogP contribution in [0, 0.1) is 10.1 Å². The number of phenolic OH excluding ortho intramolecular Hbond substituents is 2. The molecule has 1 saturated heterocycles. The average molecular weight is 357 g/mol. The minimum absolute atomic E-state index is 0.196. The van der Waals surface area contributed by atoms with Gasteiger partial charge in [-0.1, -0.05) is 11.6 Å². The number of halogens is 1. The Kier molecular flexibility index (Phi) is 4.03. The molecule has 0 radical (unpaired) electrons. The summed E-state index contributed by atoms with van der Waals surface area (Å²) in [5.74, 6) is -1.37. The van der Waals surface area contributed by atoms with Gasteiger partial charge in [-0.15, -0.1) is 11.3 Å². The van der Waals surface area contributed by atoms with Crippen molar-refractivity contribution in [1.82, 2.24) is 4.90 Å². The number of carbonyl (C=O) groups excluding carboxylic acids is 1. The van der Waals surface area contributed by atoms with Gasteiger partial charge in [0.1, 0.15) is 4.70 Å². The molecule has 23 heavy (non-hydrogen) atoms. The zero-order chi connectivity index (χ0) is 16.7. The molecule has 0 spiro atoms. The number of rotatable bonds is 3. The lowest BCUT2D eigenvalue weighted by Crippen LogP contribution is -2.31. The molecule has 1 aliphatic rings. The molecule has 0 saturated carbocycles. The van der Waals surface area contributed by atoms with Gasteiger partial charge < -0.3 is 15.1 Å². The van der Waals surface area contributed by atoms with Crippen molar-refractivity contribution >= 4 is 45.1 Å². The van der Waals surface area contributed by atoms with E-state index < -0.39 is 22.1 Å². The predicted octanol–water partition coefficient (Wildman–Crippen LogP) is 3.56. The topological polar surface area (TPSA) is 104 Å². The highest BCUT2D eigenvalue weighted by Crippen LogP contribution is 2.51. The van der Waals surface area contributed by atoms with Crippen LogP contribution in [0.15, 0.2) is 6.07 Å². The molecule has 1 atom stereocenters. The van der Waals surface area contributed by atoms with Crippen molar-refractivity contribution in [2.75, 3.05) is 6.54 Å². The molecule has 1 fully saturated rings. The van der Waals surface area contributed by atoms with Crippen LogP contribution >= 0.6 is 22.9 Å². The van der Waals surface area contributed by atoms with Crippen molar-refractivity contribution in [3.63, 3.8) is 0 Å². The smallest absolute Gasteiger partial charge is 0.332 e. The van der Waals surface area contributed by atoms with Crippen LogP contribution < -0.4 is 0 Å².